The second-order valence-corrected chi connectivity index (χ2v) is 6.36. The standard InChI is InChI=1S/C16H21ClN4O/c1-21(2)14(12-5-3-4-6-13(12)17)9-18-10-15-19-16(20-22-15)11-7-8-11/h3-6,11,14,18H,7-10H2,1-2H3/t14-/m0/s1. The van der Waals surface area contributed by atoms with Crippen LogP contribution in [0.2, 0.25) is 5.02 Å². The highest BCUT2D eigenvalue weighted by Gasteiger charge is 2.28. The molecule has 1 aliphatic carbocycles. The fourth-order valence-electron chi connectivity index (χ4n) is 2.48. The zero-order chi connectivity index (χ0) is 15.5. The van der Waals surface area contributed by atoms with Gasteiger partial charge >= 0.3 is 0 Å². The molecule has 1 aromatic heterocycles. The summed E-state index contributed by atoms with van der Waals surface area (Å²) in [4.78, 5) is 6.57. The predicted octanol–water partition coefficient (Wildman–Crippen LogP) is 2.99. The predicted molar refractivity (Wildman–Crippen MR) is 85.9 cm³/mol. The van der Waals surface area contributed by atoms with E-state index in [0.717, 1.165) is 23.0 Å². The van der Waals surface area contributed by atoms with Crippen molar-refractivity contribution in [2.75, 3.05) is 20.6 Å². The molecule has 1 saturated carbocycles. The SMILES string of the molecule is CN(C)[C@@H](CNCc1nc(C2CC2)no1)c1ccccc1Cl. The van der Waals surface area contributed by atoms with Crippen LogP contribution in [0.4, 0.5) is 0 Å². The van der Waals surface area contributed by atoms with Crippen molar-refractivity contribution in [1.29, 1.82) is 0 Å². The van der Waals surface area contributed by atoms with Gasteiger partial charge in [0.05, 0.1) is 6.54 Å². The third kappa shape index (κ3) is 3.66. The van der Waals surface area contributed by atoms with E-state index >= 15 is 0 Å². The normalized spacial score (nSPS) is 16.2. The molecule has 2 aromatic rings. The Balaban J connectivity index is 1.58. The first-order valence-corrected chi connectivity index (χ1v) is 7.97. The van der Waals surface area contributed by atoms with E-state index in [1.54, 1.807) is 0 Å². The summed E-state index contributed by atoms with van der Waals surface area (Å²) < 4.78 is 5.27. The summed E-state index contributed by atoms with van der Waals surface area (Å²) in [5.41, 5.74) is 1.12. The first-order valence-electron chi connectivity index (χ1n) is 7.59. The molecule has 1 fully saturated rings. The van der Waals surface area contributed by atoms with E-state index < -0.39 is 0 Å². The maximum absolute atomic E-state index is 6.31. The van der Waals surface area contributed by atoms with E-state index in [9.17, 15) is 0 Å². The molecule has 0 aliphatic heterocycles. The molecule has 1 aliphatic rings. The van der Waals surface area contributed by atoms with Gasteiger partial charge in [-0.3, -0.25) is 0 Å². The summed E-state index contributed by atoms with van der Waals surface area (Å²) in [6.07, 6.45) is 2.36. The van der Waals surface area contributed by atoms with Crippen molar-refractivity contribution in [3.05, 3.63) is 46.6 Å². The van der Waals surface area contributed by atoms with Crippen molar-refractivity contribution >= 4 is 11.6 Å². The number of halogens is 1. The first kappa shape index (κ1) is 15.5. The Hall–Kier alpha value is -1.43. The topological polar surface area (TPSA) is 54.2 Å². The summed E-state index contributed by atoms with van der Waals surface area (Å²) in [6.45, 7) is 1.34. The van der Waals surface area contributed by atoms with Crippen LogP contribution in [0.25, 0.3) is 0 Å². The molecule has 22 heavy (non-hydrogen) atoms. The van der Waals surface area contributed by atoms with E-state index in [1.807, 2.05) is 32.3 Å². The van der Waals surface area contributed by atoms with Crippen LogP contribution in [0.15, 0.2) is 28.8 Å². The van der Waals surface area contributed by atoms with Crippen molar-refractivity contribution in [2.24, 2.45) is 0 Å². The minimum absolute atomic E-state index is 0.194. The number of rotatable bonds is 7. The molecule has 5 nitrogen and oxygen atoms in total. The Morgan fingerprint density at radius 2 is 2.14 bits per heavy atom. The van der Waals surface area contributed by atoms with Gasteiger partial charge in [-0.15, -0.1) is 0 Å². The van der Waals surface area contributed by atoms with Gasteiger partial charge in [0.15, 0.2) is 5.82 Å². The number of nitrogens with zero attached hydrogens (tertiary/aromatic N) is 3. The second kappa shape index (κ2) is 6.77. The molecule has 0 saturated heterocycles. The molecule has 118 valence electrons. The summed E-state index contributed by atoms with van der Waals surface area (Å²) in [7, 11) is 4.10. The molecule has 1 heterocycles. The van der Waals surface area contributed by atoms with Gasteiger partial charge in [-0.1, -0.05) is 35.0 Å². The van der Waals surface area contributed by atoms with Crippen molar-refractivity contribution in [3.8, 4) is 0 Å². The van der Waals surface area contributed by atoms with Crippen LogP contribution in [0.3, 0.4) is 0 Å². The van der Waals surface area contributed by atoms with Gasteiger partial charge in [0.2, 0.25) is 5.89 Å². The number of aromatic nitrogens is 2. The number of nitrogens with one attached hydrogen (secondary N) is 1. The van der Waals surface area contributed by atoms with Crippen LogP contribution in [0.1, 0.15) is 42.1 Å². The van der Waals surface area contributed by atoms with Gasteiger partial charge in [-0.2, -0.15) is 4.98 Å². The number of likely N-dealkylation sites (N-methyl/N-ethyl adjacent to an activating group) is 1. The fourth-order valence-corrected chi connectivity index (χ4v) is 2.74. The summed E-state index contributed by atoms with van der Waals surface area (Å²) in [6, 6.07) is 8.14. The van der Waals surface area contributed by atoms with Crippen LogP contribution in [0, 0.1) is 0 Å². The molecule has 0 unspecified atom stereocenters. The smallest absolute Gasteiger partial charge is 0.240 e. The summed E-state index contributed by atoms with van der Waals surface area (Å²) >= 11 is 6.31. The van der Waals surface area contributed by atoms with Gasteiger partial charge in [-0.05, 0) is 38.6 Å². The minimum Gasteiger partial charge on any atom is -0.338 e. The van der Waals surface area contributed by atoms with Gasteiger partial charge in [0.25, 0.3) is 0 Å². The number of hydrogen-bond donors (Lipinski definition) is 1. The average molecular weight is 321 g/mol. The first-order chi connectivity index (χ1) is 10.6. The summed E-state index contributed by atoms with van der Waals surface area (Å²) in [5, 5.41) is 8.20. The maximum Gasteiger partial charge on any atom is 0.240 e. The van der Waals surface area contributed by atoms with E-state index in [0.29, 0.717) is 18.4 Å². The molecule has 0 amide bonds. The van der Waals surface area contributed by atoms with Crippen LogP contribution >= 0.6 is 11.6 Å². The number of benzene rings is 1. The Labute approximate surface area is 135 Å². The fraction of sp³-hybridized carbons (Fsp3) is 0.500. The lowest BCUT2D eigenvalue weighted by atomic mass is 10.1. The highest BCUT2D eigenvalue weighted by molar-refractivity contribution is 6.31. The maximum atomic E-state index is 6.31. The van der Waals surface area contributed by atoms with E-state index in [4.69, 9.17) is 16.1 Å². The number of hydrogen-bond acceptors (Lipinski definition) is 5. The monoisotopic (exact) mass is 320 g/mol. The van der Waals surface area contributed by atoms with Gasteiger partial charge in [0.1, 0.15) is 0 Å². The molecule has 0 bridgehead atoms. The Morgan fingerprint density at radius 3 is 2.82 bits per heavy atom. The van der Waals surface area contributed by atoms with Crippen molar-refractivity contribution in [3.63, 3.8) is 0 Å². The van der Waals surface area contributed by atoms with E-state index in [1.165, 1.54) is 12.8 Å². The average Bonchev–Trinajstić information content (AvgIpc) is 3.24. The third-order valence-corrected chi connectivity index (χ3v) is 4.27. The minimum atomic E-state index is 0.194. The molecular weight excluding hydrogens is 300 g/mol. The molecule has 1 atom stereocenters. The van der Waals surface area contributed by atoms with Crippen molar-refractivity contribution in [2.45, 2.75) is 31.3 Å². The lowest BCUT2D eigenvalue weighted by molar-refractivity contribution is 0.281. The summed E-state index contributed by atoms with van der Waals surface area (Å²) in [5.74, 6) is 2.03. The van der Waals surface area contributed by atoms with Gasteiger partial charge in [0, 0.05) is 23.5 Å². The third-order valence-electron chi connectivity index (χ3n) is 3.93. The van der Waals surface area contributed by atoms with Gasteiger partial charge in [-0.25, -0.2) is 0 Å². The Bertz CT molecular complexity index is 624. The highest BCUT2D eigenvalue weighted by Crippen LogP contribution is 2.38. The van der Waals surface area contributed by atoms with E-state index in [-0.39, 0.29) is 6.04 Å². The largest absolute Gasteiger partial charge is 0.338 e. The lowest BCUT2D eigenvalue weighted by Gasteiger charge is -2.25. The molecule has 0 spiro atoms. The van der Waals surface area contributed by atoms with Gasteiger partial charge < -0.3 is 14.7 Å². The van der Waals surface area contributed by atoms with E-state index in [2.05, 4.69) is 26.4 Å². The molecule has 1 N–H and O–H groups in total. The van der Waals surface area contributed by atoms with Crippen LogP contribution in [-0.2, 0) is 6.54 Å². The lowest BCUT2D eigenvalue weighted by Crippen LogP contribution is -2.31. The van der Waals surface area contributed by atoms with Crippen LogP contribution in [0.5, 0.6) is 0 Å². The van der Waals surface area contributed by atoms with Crippen molar-refractivity contribution < 1.29 is 4.52 Å². The molecule has 3 rings (SSSR count). The Kier molecular flexibility index (Phi) is 4.76. The zero-order valence-corrected chi connectivity index (χ0v) is 13.7. The van der Waals surface area contributed by atoms with Crippen LogP contribution in [-0.4, -0.2) is 35.7 Å². The quantitative estimate of drug-likeness (QED) is 0.850. The van der Waals surface area contributed by atoms with Crippen molar-refractivity contribution in [1.82, 2.24) is 20.4 Å². The molecule has 6 heteroatoms. The molecule has 1 aromatic carbocycles. The highest BCUT2D eigenvalue weighted by atomic mass is 35.5. The second-order valence-electron chi connectivity index (χ2n) is 5.95. The Morgan fingerprint density at radius 1 is 1.36 bits per heavy atom. The zero-order valence-electron chi connectivity index (χ0n) is 12.9. The van der Waals surface area contributed by atoms with Crippen LogP contribution < -0.4 is 5.32 Å². The molecule has 0 radical (unpaired) electrons. The molecular formula is C16H21ClN4O.